The molecule has 172 valence electrons. The van der Waals surface area contributed by atoms with Crippen LogP contribution in [0.1, 0.15) is 59.6 Å². The molecule has 2 heterocycles. The Morgan fingerprint density at radius 3 is 2.66 bits per heavy atom. The van der Waals surface area contributed by atoms with Gasteiger partial charge in [0.25, 0.3) is 11.8 Å². The Balaban J connectivity index is 1.66. The van der Waals surface area contributed by atoms with Gasteiger partial charge in [-0.15, -0.1) is 0 Å². The fraction of sp³-hybridized carbons (Fsp3) is 0.476. The van der Waals surface area contributed by atoms with Crippen molar-refractivity contribution < 1.29 is 19.1 Å². The third-order valence-electron chi connectivity index (χ3n) is 5.52. The minimum Gasteiger partial charge on any atom is -0.383 e. The molecule has 1 aliphatic rings. The number of carbonyl (C=O) groups is 3. The Morgan fingerprint density at radius 2 is 2.03 bits per heavy atom. The van der Waals surface area contributed by atoms with Gasteiger partial charge in [0.2, 0.25) is 5.91 Å². The number of imidazole rings is 1. The average Bonchev–Trinajstić information content (AvgIpc) is 3.21. The van der Waals surface area contributed by atoms with Crippen molar-refractivity contribution in [1.29, 1.82) is 0 Å². The zero-order valence-electron chi connectivity index (χ0n) is 18.0. The molecule has 3 rings (SSSR count). The molecule has 1 fully saturated rings. The number of hydrogen-bond acceptors (Lipinski definition) is 6. The quantitative estimate of drug-likeness (QED) is 0.548. The number of primary amides is 1. The molecule has 0 aromatic carbocycles. The summed E-state index contributed by atoms with van der Waals surface area (Å²) in [6.07, 6.45) is 7.02. The van der Waals surface area contributed by atoms with Gasteiger partial charge in [-0.1, -0.05) is 11.6 Å². The zero-order chi connectivity index (χ0) is 23.3. The van der Waals surface area contributed by atoms with E-state index in [1.165, 1.54) is 19.6 Å². The highest BCUT2D eigenvalue weighted by molar-refractivity contribution is 6.33. The number of nitrogens with one attached hydrogen (secondary N) is 2. The first-order chi connectivity index (χ1) is 15.3. The lowest BCUT2D eigenvalue weighted by atomic mass is 9.85. The number of halogens is 1. The smallest absolute Gasteiger partial charge is 0.272 e. The van der Waals surface area contributed by atoms with E-state index >= 15 is 0 Å². The second-order valence-corrected chi connectivity index (χ2v) is 8.30. The van der Waals surface area contributed by atoms with Crippen molar-refractivity contribution >= 4 is 35.0 Å². The summed E-state index contributed by atoms with van der Waals surface area (Å²) in [4.78, 5) is 45.5. The standard InChI is InChI=1S/C21H27ClN6O4/c1-12(10-32-2)26-21(31)17-18(19(23)29)28(11-25-17)14-5-3-13(4-6-14)20(30)27-16-9-24-8-7-15(16)22/h7-9,11-14H,3-6,10H2,1-2H3,(H2,23,29)(H,26,31)(H,27,30). The number of rotatable bonds is 8. The first kappa shape index (κ1) is 23.7. The highest BCUT2D eigenvalue weighted by Gasteiger charge is 2.31. The third kappa shape index (κ3) is 5.43. The average molecular weight is 463 g/mol. The number of amides is 3. The van der Waals surface area contributed by atoms with E-state index in [1.807, 2.05) is 0 Å². The fourth-order valence-corrected chi connectivity index (χ4v) is 4.10. The number of aromatic nitrogens is 3. The largest absolute Gasteiger partial charge is 0.383 e. The van der Waals surface area contributed by atoms with Gasteiger partial charge >= 0.3 is 0 Å². The molecule has 0 saturated heterocycles. The molecule has 4 N–H and O–H groups in total. The van der Waals surface area contributed by atoms with E-state index in [0.717, 1.165) is 0 Å². The molecule has 1 aliphatic carbocycles. The first-order valence-corrected chi connectivity index (χ1v) is 10.8. The maximum absolute atomic E-state index is 12.6. The summed E-state index contributed by atoms with van der Waals surface area (Å²) in [5, 5.41) is 5.99. The molecule has 1 saturated carbocycles. The number of carbonyl (C=O) groups excluding carboxylic acids is 3. The van der Waals surface area contributed by atoms with E-state index in [-0.39, 0.29) is 35.3 Å². The van der Waals surface area contributed by atoms with Crippen LogP contribution in [-0.4, -0.2) is 52.0 Å². The molecule has 2 aromatic rings. The van der Waals surface area contributed by atoms with Crippen LogP contribution in [0.15, 0.2) is 24.8 Å². The monoisotopic (exact) mass is 462 g/mol. The number of pyridine rings is 1. The molecule has 32 heavy (non-hydrogen) atoms. The van der Waals surface area contributed by atoms with Gasteiger partial charge in [-0.3, -0.25) is 19.4 Å². The van der Waals surface area contributed by atoms with Crippen LogP contribution in [0, 0.1) is 5.92 Å². The summed E-state index contributed by atoms with van der Waals surface area (Å²) in [6, 6.07) is 1.28. The Bertz CT molecular complexity index is 986. The van der Waals surface area contributed by atoms with E-state index in [2.05, 4.69) is 20.6 Å². The van der Waals surface area contributed by atoms with Crippen LogP contribution in [0.5, 0.6) is 0 Å². The van der Waals surface area contributed by atoms with E-state index < -0.39 is 11.8 Å². The van der Waals surface area contributed by atoms with Crippen LogP contribution >= 0.6 is 11.6 Å². The maximum atomic E-state index is 12.6. The highest BCUT2D eigenvalue weighted by Crippen LogP contribution is 2.34. The van der Waals surface area contributed by atoms with Gasteiger partial charge in [-0.25, -0.2) is 4.98 Å². The molecule has 1 atom stereocenters. The molecule has 3 amide bonds. The molecule has 0 radical (unpaired) electrons. The summed E-state index contributed by atoms with van der Waals surface area (Å²) in [5.41, 5.74) is 6.12. The normalized spacial score (nSPS) is 19.2. The summed E-state index contributed by atoms with van der Waals surface area (Å²) >= 11 is 6.09. The van der Waals surface area contributed by atoms with E-state index in [9.17, 15) is 14.4 Å². The van der Waals surface area contributed by atoms with Crippen LogP contribution in [0.4, 0.5) is 5.69 Å². The van der Waals surface area contributed by atoms with E-state index in [4.69, 9.17) is 22.1 Å². The molecule has 0 bridgehead atoms. The van der Waals surface area contributed by atoms with Gasteiger partial charge in [0.15, 0.2) is 5.69 Å². The van der Waals surface area contributed by atoms with E-state index in [0.29, 0.717) is 43.0 Å². The Hall–Kier alpha value is -2.98. The molecule has 10 nitrogen and oxygen atoms in total. The molecular formula is C21H27ClN6O4. The maximum Gasteiger partial charge on any atom is 0.272 e. The first-order valence-electron chi connectivity index (χ1n) is 10.4. The summed E-state index contributed by atoms with van der Waals surface area (Å²) < 4.78 is 6.67. The second-order valence-electron chi connectivity index (χ2n) is 7.89. The van der Waals surface area contributed by atoms with Crippen molar-refractivity contribution in [2.24, 2.45) is 11.7 Å². The topological polar surface area (TPSA) is 141 Å². The van der Waals surface area contributed by atoms with Crippen molar-refractivity contribution in [3.63, 3.8) is 0 Å². The van der Waals surface area contributed by atoms with Crippen molar-refractivity contribution in [2.75, 3.05) is 19.0 Å². The Kier molecular flexibility index (Phi) is 7.81. The van der Waals surface area contributed by atoms with Gasteiger partial charge in [0.1, 0.15) is 5.69 Å². The lowest BCUT2D eigenvalue weighted by molar-refractivity contribution is -0.121. The number of anilines is 1. The molecule has 2 aromatic heterocycles. The minimum atomic E-state index is -0.724. The summed E-state index contributed by atoms with van der Waals surface area (Å²) in [5.74, 6) is -1.52. The molecule has 0 aliphatic heterocycles. The van der Waals surface area contributed by atoms with Crippen molar-refractivity contribution in [2.45, 2.75) is 44.7 Å². The highest BCUT2D eigenvalue weighted by atomic mass is 35.5. The SMILES string of the molecule is COCC(C)NC(=O)c1ncn(C2CCC(C(=O)Nc3cnccc3Cl)CC2)c1C(N)=O. The van der Waals surface area contributed by atoms with Crippen molar-refractivity contribution in [1.82, 2.24) is 19.9 Å². The van der Waals surface area contributed by atoms with Gasteiger partial charge in [0, 0.05) is 31.3 Å². The number of nitrogens with zero attached hydrogens (tertiary/aromatic N) is 3. The van der Waals surface area contributed by atoms with Crippen molar-refractivity contribution in [3.05, 3.63) is 41.2 Å². The third-order valence-corrected chi connectivity index (χ3v) is 5.85. The van der Waals surface area contributed by atoms with Crippen LogP contribution in [0.3, 0.4) is 0 Å². The summed E-state index contributed by atoms with van der Waals surface area (Å²) in [6.45, 7) is 2.11. The molecular weight excluding hydrogens is 436 g/mol. The number of ether oxygens (including phenoxy) is 1. The van der Waals surface area contributed by atoms with Crippen LogP contribution in [0.25, 0.3) is 0 Å². The fourth-order valence-electron chi connectivity index (χ4n) is 3.95. The second kappa shape index (κ2) is 10.6. The molecule has 1 unspecified atom stereocenters. The summed E-state index contributed by atoms with van der Waals surface area (Å²) in [7, 11) is 1.54. The number of nitrogens with two attached hydrogens (primary N) is 1. The van der Waals surface area contributed by atoms with Gasteiger partial charge in [-0.05, 0) is 38.7 Å². The van der Waals surface area contributed by atoms with Gasteiger partial charge < -0.3 is 25.7 Å². The number of methoxy groups -OCH3 is 1. The lowest BCUT2D eigenvalue weighted by Gasteiger charge is -2.29. The van der Waals surface area contributed by atoms with Crippen molar-refractivity contribution in [3.8, 4) is 0 Å². The minimum absolute atomic E-state index is 0.00783. The zero-order valence-corrected chi connectivity index (χ0v) is 18.8. The predicted molar refractivity (Wildman–Crippen MR) is 118 cm³/mol. The van der Waals surface area contributed by atoms with Crippen LogP contribution < -0.4 is 16.4 Å². The van der Waals surface area contributed by atoms with Gasteiger partial charge in [-0.2, -0.15) is 0 Å². The molecule has 0 spiro atoms. The molecule has 11 heteroatoms. The number of hydrogen-bond donors (Lipinski definition) is 3. The van der Waals surface area contributed by atoms with Crippen LogP contribution in [-0.2, 0) is 9.53 Å². The lowest BCUT2D eigenvalue weighted by Crippen LogP contribution is -2.37. The van der Waals surface area contributed by atoms with E-state index in [1.54, 1.807) is 23.8 Å². The van der Waals surface area contributed by atoms with Crippen LogP contribution in [0.2, 0.25) is 5.02 Å². The predicted octanol–water partition coefficient (Wildman–Crippen LogP) is 2.17. The Labute approximate surface area is 190 Å². The van der Waals surface area contributed by atoms with Gasteiger partial charge in [0.05, 0.1) is 29.8 Å². The Morgan fingerprint density at radius 1 is 1.31 bits per heavy atom.